The third-order valence-electron chi connectivity index (χ3n) is 3.94. The molecule has 0 fully saturated rings. The first kappa shape index (κ1) is 21.1. The van der Waals surface area contributed by atoms with Crippen molar-refractivity contribution >= 4 is 23.6 Å². The van der Waals surface area contributed by atoms with Gasteiger partial charge in [0.2, 0.25) is 0 Å². The zero-order valence-electron chi connectivity index (χ0n) is 16.5. The van der Waals surface area contributed by atoms with Crippen LogP contribution >= 0.6 is 0 Å². The molecule has 0 spiro atoms. The van der Waals surface area contributed by atoms with Crippen molar-refractivity contribution in [1.82, 2.24) is 10.3 Å². The number of aryl methyl sites for hydroxylation is 1. The molecular formula is C20H24N2O6. The third kappa shape index (κ3) is 5.18. The molecule has 150 valence electrons. The SMILES string of the molecule is CCOC(=O)C1=C(COC(C)=O)NC(c2ccnc(C)c2)=C(C(=O)OCC)C1. The van der Waals surface area contributed by atoms with Gasteiger partial charge in [-0.1, -0.05) is 0 Å². The van der Waals surface area contributed by atoms with Gasteiger partial charge in [-0.25, -0.2) is 9.59 Å². The number of dihydropyridines is 1. The number of pyridine rings is 1. The average molecular weight is 388 g/mol. The smallest absolute Gasteiger partial charge is 0.336 e. The summed E-state index contributed by atoms with van der Waals surface area (Å²) in [6.07, 6.45) is 1.62. The lowest BCUT2D eigenvalue weighted by molar-refractivity contribution is -0.142. The van der Waals surface area contributed by atoms with Crippen molar-refractivity contribution in [3.8, 4) is 0 Å². The molecule has 0 aliphatic carbocycles. The van der Waals surface area contributed by atoms with E-state index < -0.39 is 17.9 Å². The standard InChI is InChI=1S/C20H24N2O6/c1-5-26-19(24)15-10-16(20(25)27-6-2)18(14-7-8-21-12(3)9-14)22-17(15)11-28-13(4)23/h7-9,22H,5-6,10-11H2,1-4H3. The Bertz CT molecular complexity index is 841. The lowest BCUT2D eigenvalue weighted by Gasteiger charge is -2.26. The molecule has 0 aromatic carbocycles. The topological polar surface area (TPSA) is 104 Å². The van der Waals surface area contributed by atoms with Crippen LogP contribution in [-0.2, 0) is 28.6 Å². The van der Waals surface area contributed by atoms with Crippen LogP contribution in [0.2, 0.25) is 0 Å². The highest BCUT2D eigenvalue weighted by Gasteiger charge is 2.31. The van der Waals surface area contributed by atoms with Crippen molar-refractivity contribution in [3.63, 3.8) is 0 Å². The van der Waals surface area contributed by atoms with Crippen molar-refractivity contribution in [1.29, 1.82) is 0 Å². The van der Waals surface area contributed by atoms with E-state index in [1.165, 1.54) is 6.92 Å². The van der Waals surface area contributed by atoms with Crippen LogP contribution in [0.25, 0.3) is 5.70 Å². The summed E-state index contributed by atoms with van der Waals surface area (Å²) in [7, 11) is 0. The molecule has 0 radical (unpaired) electrons. The first-order chi connectivity index (χ1) is 13.4. The molecule has 8 heteroatoms. The second-order valence-electron chi connectivity index (χ2n) is 6.02. The summed E-state index contributed by atoms with van der Waals surface area (Å²) >= 11 is 0. The largest absolute Gasteiger partial charge is 0.463 e. The van der Waals surface area contributed by atoms with Crippen LogP contribution in [0.5, 0.6) is 0 Å². The summed E-state index contributed by atoms with van der Waals surface area (Å²) in [5.74, 6) is -1.60. The van der Waals surface area contributed by atoms with E-state index in [0.29, 0.717) is 22.5 Å². The molecule has 1 aliphatic rings. The summed E-state index contributed by atoms with van der Waals surface area (Å²) < 4.78 is 15.3. The molecule has 0 saturated heterocycles. The zero-order chi connectivity index (χ0) is 20.7. The van der Waals surface area contributed by atoms with Crippen LogP contribution in [0, 0.1) is 6.92 Å². The number of carbonyl (C=O) groups is 3. The Balaban J connectivity index is 2.51. The Hall–Kier alpha value is -3.16. The maximum atomic E-state index is 12.6. The summed E-state index contributed by atoms with van der Waals surface area (Å²) in [4.78, 5) is 40.4. The predicted molar refractivity (Wildman–Crippen MR) is 101 cm³/mol. The minimum absolute atomic E-state index is 0.00202. The zero-order valence-corrected chi connectivity index (χ0v) is 16.5. The van der Waals surface area contributed by atoms with Crippen LogP contribution in [0.4, 0.5) is 0 Å². The lowest BCUT2D eigenvalue weighted by Crippen LogP contribution is -2.30. The number of nitrogens with zero attached hydrogens (tertiary/aromatic N) is 1. The molecule has 2 heterocycles. The van der Waals surface area contributed by atoms with Crippen LogP contribution < -0.4 is 5.32 Å². The second-order valence-corrected chi connectivity index (χ2v) is 6.02. The highest BCUT2D eigenvalue weighted by atomic mass is 16.5. The van der Waals surface area contributed by atoms with Gasteiger partial charge in [-0.05, 0) is 32.9 Å². The summed E-state index contributed by atoms with van der Waals surface area (Å²) in [6.45, 7) is 6.74. The van der Waals surface area contributed by atoms with Crippen molar-refractivity contribution in [2.45, 2.75) is 34.1 Å². The Labute approximate surface area is 163 Å². The van der Waals surface area contributed by atoms with Gasteiger partial charge in [0.15, 0.2) is 0 Å². The van der Waals surface area contributed by atoms with E-state index in [1.54, 1.807) is 32.2 Å². The fourth-order valence-electron chi connectivity index (χ4n) is 2.72. The summed E-state index contributed by atoms with van der Waals surface area (Å²) in [5.41, 5.74) is 2.84. The molecule has 0 bridgehead atoms. The first-order valence-electron chi connectivity index (χ1n) is 9.00. The number of nitrogens with one attached hydrogen (secondary N) is 1. The normalized spacial score (nSPS) is 13.7. The van der Waals surface area contributed by atoms with E-state index in [4.69, 9.17) is 14.2 Å². The maximum Gasteiger partial charge on any atom is 0.336 e. The molecule has 8 nitrogen and oxygen atoms in total. The molecule has 0 unspecified atom stereocenters. The quantitative estimate of drug-likeness (QED) is 0.559. The third-order valence-corrected chi connectivity index (χ3v) is 3.94. The van der Waals surface area contributed by atoms with Crippen LogP contribution in [0.3, 0.4) is 0 Å². The Kier molecular flexibility index (Phi) is 7.31. The molecule has 1 aromatic rings. The molecule has 0 atom stereocenters. The second kappa shape index (κ2) is 9.68. The fraction of sp³-hybridized carbons (Fsp3) is 0.400. The van der Waals surface area contributed by atoms with Gasteiger partial charge >= 0.3 is 17.9 Å². The molecule has 1 N–H and O–H groups in total. The number of carbonyl (C=O) groups excluding carboxylic acids is 3. The molecule has 1 aliphatic heterocycles. The van der Waals surface area contributed by atoms with E-state index in [2.05, 4.69) is 10.3 Å². The first-order valence-corrected chi connectivity index (χ1v) is 9.00. The number of hydrogen-bond donors (Lipinski definition) is 1. The minimum atomic E-state index is -0.580. The Morgan fingerprint density at radius 1 is 1.07 bits per heavy atom. The van der Waals surface area contributed by atoms with Crippen LogP contribution in [0.1, 0.15) is 38.4 Å². The average Bonchev–Trinajstić information content (AvgIpc) is 2.66. The molecular weight excluding hydrogens is 364 g/mol. The van der Waals surface area contributed by atoms with Gasteiger partial charge in [-0.2, -0.15) is 0 Å². The summed E-state index contributed by atoms with van der Waals surface area (Å²) in [5, 5.41) is 3.08. The van der Waals surface area contributed by atoms with Gasteiger partial charge in [-0.3, -0.25) is 9.78 Å². The molecule has 1 aromatic heterocycles. The van der Waals surface area contributed by atoms with Gasteiger partial charge in [0.05, 0.1) is 35.8 Å². The van der Waals surface area contributed by atoms with Gasteiger partial charge in [-0.15, -0.1) is 0 Å². The molecule has 28 heavy (non-hydrogen) atoms. The van der Waals surface area contributed by atoms with E-state index in [0.717, 1.165) is 5.69 Å². The molecule has 0 amide bonds. The van der Waals surface area contributed by atoms with E-state index in [-0.39, 0.29) is 31.8 Å². The number of ether oxygens (including phenoxy) is 3. The number of esters is 3. The van der Waals surface area contributed by atoms with Crippen molar-refractivity contribution in [3.05, 3.63) is 46.4 Å². The van der Waals surface area contributed by atoms with Gasteiger partial charge < -0.3 is 19.5 Å². The van der Waals surface area contributed by atoms with Gasteiger partial charge in [0.25, 0.3) is 0 Å². The van der Waals surface area contributed by atoms with E-state index in [9.17, 15) is 14.4 Å². The number of rotatable bonds is 7. The van der Waals surface area contributed by atoms with Gasteiger partial charge in [0, 0.05) is 30.8 Å². The lowest BCUT2D eigenvalue weighted by atomic mass is 9.94. The molecule has 2 rings (SSSR count). The highest BCUT2D eigenvalue weighted by Crippen LogP contribution is 2.30. The number of aromatic nitrogens is 1. The minimum Gasteiger partial charge on any atom is -0.463 e. The number of hydrogen-bond acceptors (Lipinski definition) is 8. The van der Waals surface area contributed by atoms with Crippen molar-refractivity contribution in [2.24, 2.45) is 0 Å². The predicted octanol–water partition coefficient (Wildman–Crippen LogP) is 2.04. The van der Waals surface area contributed by atoms with Crippen molar-refractivity contribution in [2.75, 3.05) is 19.8 Å². The fourth-order valence-corrected chi connectivity index (χ4v) is 2.72. The Morgan fingerprint density at radius 2 is 1.71 bits per heavy atom. The van der Waals surface area contributed by atoms with E-state index >= 15 is 0 Å². The highest BCUT2D eigenvalue weighted by molar-refractivity contribution is 6.02. The van der Waals surface area contributed by atoms with Crippen LogP contribution in [0.15, 0.2) is 35.2 Å². The maximum absolute atomic E-state index is 12.6. The Morgan fingerprint density at radius 3 is 2.29 bits per heavy atom. The van der Waals surface area contributed by atoms with Crippen LogP contribution in [-0.4, -0.2) is 42.7 Å². The van der Waals surface area contributed by atoms with Crippen molar-refractivity contribution < 1.29 is 28.6 Å². The van der Waals surface area contributed by atoms with E-state index in [1.807, 2.05) is 6.92 Å². The molecule has 0 saturated carbocycles. The monoisotopic (exact) mass is 388 g/mol. The van der Waals surface area contributed by atoms with Gasteiger partial charge in [0.1, 0.15) is 6.61 Å². The summed E-state index contributed by atoms with van der Waals surface area (Å²) in [6, 6.07) is 3.55.